The lowest BCUT2D eigenvalue weighted by molar-refractivity contribution is 0.203. The number of nitrogens with one attached hydrogen (secondary N) is 1. The number of hydrogen-bond donors (Lipinski definition) is 1. The molecule has 0 fully saturated rings. The minimum Gasteiger partial charge on any atom is -0.331 e. The summed E-state index contributed by atoms with van der Waals surface area (Å²) in [6.07, 6.45) is 0. The Labute approximate surface area is 153 Å². The highest BCUT2D eigenvalue weighted by atomic mass is 79.9. The van der Waals surface area contributed by atoms with Crippen molar-refractivity contribution in [2.45, 2.75) is 19.5 Å². The summed E-state index contributed by atoms with van der Waals surface area (Å²) in [4.78, 5) is 18.7. The molecule has 1 aromatic heterocycles. The van der Waals surface area contributed by atoms with Gasteiger partial charge in [-0.1, -0.05) is 46.3 Å². The van der Waals surface area contributed by atoms with Crippen LogP contribution in [0.3, 0.4) is 0 Å². The Hall–Kier alpha value is -1.92. The van der Waals surface area contributed by atoms with E-state index >= 15 is 0 Å². The first kappa shape index (κ1) is 16.9. The van der Waals surface area contributed by atoms with Gasteiger partial charge in [0, 0.05) is 11.5 Å². The molecule has 2 aromatic carbocycles. The topological polar surface area (TPSA) is 45.2 Å². The molecule has 2 amide bonds. The van der Waals surface area contributed by atoms with Crippen LogP contribution in [0.15, 0.2) is 53.0 Å². The van der Waals surface area contributed by atoms with Gasteiger partial charge in [-0.05, 0) is 30.7 Å². The van der Waals surface area contributed by atoms with Crippen molar-refractivity contribution in [1.29, 1.82) is 0 Å². The fourth-order valence-corrected chi connectivity index (χ4v) is 4.11. The number of hydrogen-bond acceptors (Lipinski definition) is 3. The van der Waals surface area contributed by atoms with Gasteiger partial charge in [-0.15, -0.1) is 11.3 Å². The number of nitrogens with zero attached hydrogens (tertiary/aromatic N) is 2. The fourth-order valence-electron chi connectivity index (χ4n) is 2.46. The van der Waals surface area contributed by atoms with E-state index in [2.05, 4.69) is 26.2 Å². The highest BCUT2D eigenvalue weighted by Gasteiger charge is 2.16. The largest absolute Gasteiger partial charge is 0.331 e. The molecule has 4 nitrogen and oxygen atoms in total. The van der Waals surface area contributed by atoms with Crippen LogP contribution in [0.4, 0.5) is 4.79 Å². The van der Waals surface area contributed by atoms with Crippen LogP contribution in [0.25, 0.3) is 10.2 Å². The first-order valence-corrected chi connectivity index (χ1v) is 9.26. The van der Waals surface area contributed by atoms with Crippen molar-refractivity contribution in [1.82, 2.24) is 15.2 Å². The number of thiazole rings is 1. The zero-order valence-corrected chi connectivity index (χ0v) is 15.9. The van der Waals surface area contributed by atoms with Gasteiger partial charge in [-0.2, -0.15) is 0 Å². The maximum Gasteiger partial charge on any atom is 0.317 e. The van der Waals surface area contributed by atoms with Crippen molar-refractivity contribution in [3.05, 3.63) is 63.6 Å². The van der Waals surface area contributed by atoms with Crippen molar-refractivity contribution >= 4 is 43.5 Å². The summed E-state index contributed by atoms with van der Waals surface area (Å²) in [5.74, 6) is 0. The van der Waals surface area contributed by atoms with Crippen LogP contribution in [-0.2, 0) is 6.54 Å². The van der Waals surface area contributed by atoms with E-state index in [9.17, 15) is 4.79 Å². The molecule has 0 aliphatic heterocycles. The van der Waals surface area contributed by atoms with Crippen LogP contribution in [0.1, 0.15) is 23.5 Å². The standard InChI is InChI=1S/C18H18BrN3OS/c1-12(13-7-3-4-8-14(13)19)20-18(23)22(2)11-17-21-15-9-5-6-10-16(15)24-17/h3-10,12H,11H2,1-2H3,(H,20,23). The van der Waals surface area contributed by atoms with E-state index in [4.69, 9.17) is 0 Å². The van der Waals surface area contributed by atoms with Crippen molar-refractivity contribution < 1.29 is 4.79 Å². The normalized spacial score (nSPS) is 12.1. The molecular formula is C18H18BrN3OS. The minimum atomic E-state index is -0.113. The summed E-state index contributed by atoms with van der Waals surface area (Å²) in [5, 5.41) is 3.96. The van der Waals surface area contributed by atoms with Gasteiger partial charge in [-0.3, -0.25) is 0 Å². The second kappa shape index (κ2) is 7.32. The molecule has 124 valence electrons. The van der Waals surface area contributed by atoms with Crippen molar-refractivity contribution in [2.24, 2.45) is 0 Å². The fraction of sp³-hybridized carbons (Fsp3) is 0.222. The first-order chi connectivity index (χ1) is 11.5. The van der Waals surface area contributed by atoms with Gasteiger partial charge in [0.05, 0.1) is 22.8 Å². The summed E-state index contributed by atoms with van der Waals surface area (Å²) in [6, 6.07) is 15.7. The number of aromatic nitrogens is 1. The van der Waals surface area contributed by atoms with Gasteiger partial charge >= 0.3 is 6.03 Å². The summed E-state index contributed by atoms with van der Waals surface area (Å²) in [5.41, 5.74) is 2.03. The number of rotatable bonds is 4. The lowest BCUT2D eigenvalue weighted by Gasteiger charge is -2.21. The smallest absolute Gasteiger partial charge is 0.317 e. The van der Waals surface area contributed by atoms with E-state index in [0.717, 1.165) is 25.3 Å². The van der Waals surface area contributed by atoms with Crippen LogP contribution in [0.2, 0.25) is 0 Å². The lowest BCUT2D eigenvalue weighted by Crippen LogP contribution is -2.38. The minimum absolute atomic E-state index is 0.0779. The van der Waals surface area contributed by atoms with Crippen LogP contribution in [0.5, 0.6) is 0 Å². The van der Waals surface area contributed by atoms with Crippen LogP contribution >= 0.6 is 27.3 Å². The number of urea groups is 1. The molecular weight excluding hydrogens is 386 g/mol. The highest BCUT2D eigenvalue weighted by molar-refractivity contribution is 9.10. The van der Waals surface area contributed by atoms with Crippen LogP contribution in [0, 0.1) is 0 Å². The molecule has 3 aromatic rings. The highest BCUT2D eigenvalue weighted by Crippen LogP contribution is 2.24. The number of benzene rings is 2. The second-order valence-electron chi connectivity index (χ2n) is 5.62. The third-order valence-corrected chi connectivity index (χ3v) is 5.51. The molecule has 6 heteroatoms. The Bertz CT molecular complexity index is 831. The summed E-state index contributed by atoms with van der Waals surface area (Å²) >= 11 is 5.14. The van der Waals surface area contributed by atoms with Gasteiger partial charge in [0.2, 0.25) is 0 Å². The van der Waals surface area contributed by atoms with Crippen molar-refractivity contribution in [2.75, 3.05) is 7.05 Å². The van der Waals surface area contributed by atoms with Gasteiger partial charge in [0.1, 0.15) is 5.01 Å². The molecule has 0 radical (unpaired) electrons. The van der Waals surface area contributed by atoms with E-state index in [0.29, 0.717) is 6.54 Å². The van der Waals surface area contributed by atoms with Crippen LogP contribution < -0.4 is 5.32 Å². The van der Waals surface area contributed by atoms with E-state index in [1.54, 1.807) is 23.3 Å². The number of para-hydroxylation sites is 1. The molecule has 0 saturated carbocycles. The van der Waals surface area contributed by atoms with Gasteiger partial charge in [0.25, 0.3) is 0 Å². The molecule has 3 rings (SSSR count). The Morgan fingerprint density at radius 1 is 1.25 bits per heavy atom. The molecule has 24 heavy (non-hydrogen) atoms. The van der Waals surface area contributed by atoms with Crippen LogP contribution in [-0.4, -0.2) is 23.0 Å². The molecule has 1 N–H and O–H groups in total. The number of carbonyl (C=O) groups is 1. The third kappa shape index (κ3) is 3.76. The zero-order chi connectivity index (χ0) is 17.1. The molecule has 0 spiro atoms. The molecule has 1 atom stereocenters. The number of carbonyl (C=O) groups excluding carboxylic acids is 1. The van der Waals surface area contributed by atoms with Gasteiger partial charge in [0.15, 0.2) is 0 Å². The molecule has 0 bridgehead atoms. The number of amides is 2. The third-order valence-electron chi connectivity index (χ3n) is 3.77. The van der Waals surface area contributed by atoms with E-state index in [-0.39, 0.29) is 12.1 Å². The second-order valence-corrected chi connectivity index (χ2v) is 7.59. The molecule has 0 aliphatic carbocycles. The molecule has 1 heterocycles. The Morgan fingerprint density at radius 2 is 1.96 bits per heavy atom. The van der Waals surface area contributed by atoms with Crippen molar-refractivity contribution in [3.63, 3.8) is 0 Å². The quantitative estimate of drug-likeness (QED) is 0.668. The molecule has 1 unspecified atom stereocenters. The molecule has 0 saturated heterocycles. The van der Waals surface area contributed by atoms with Gasteiger partial charge < -0.3 is 10.2 Å². The Morgan fingerprint density at radius 3 is 2.71 bits per heavy atom. The molecule has 0 aliphatic rings. The summed E-state index contributed by atoms with van der Waals surface area (Å²) < 4.78 is 2.13. The number of halogens is 1. The first-order valence-electron chi connectivity index (χ1n) is 7.65. The average molecular weight is 404 g/mol. The zero-order valence-electron chi connectivity index (χ0n) is 13.5. The maximum atomic E-state index is 12.4. The van der Waals surface area contributed by atoms with Gasteiger partial charge in [-0.25, -0.2) is 9.78 Å². The summed E-state index contributed by atoms with van der Waals surface area (Å²) in [7, 11) is 1.79. The van der Waals surface area contributed by atoms with E-state index in [1.165, 1.54) is 0 Å². The monoisotopic (exact) mass is 403 g/mol. The van der Waals surface area contributed by atoms with E-state index in [1.807, 2.05) is 55.5 Å². The number of fused-ring (bicyclic) bond motifs is 1. The maximum absolute atomic E-state index is 12.4. The summed E-state index contributed by atoms with van der Waals surface area (Å²) in [6.45, 7) is 2.47. The predicted octanol–water partition coefficient (Wildman–Crippen LogP) is 4.96. The predicted molar refractivity (Wildman–Crippen MR) is 102 cm³/mol. The SMILES string of the molecule is CC(NC(=O)N(C)Cc1nc2ccccc2s1)c1ccccc1Br. The average Bonchev–Trinajstić information content (AvgIpc) is 2.97. The van der Waals surface area contributed by atoms with E-state index < -0.39 is 0 Å². The lowest BCUT2D eigenvalue weighted by atomic mass is 10.1. The Kier molecular flexibility index (Phi) is 5.16. The Balaban J connectivity index is 1.65. The van der Waals surface area contributed by atoms with Crippen molar-refractivity contribution in [3.8, 4) is 0 Å².